The van der Waals surface area contributed by atoms with Crippen molar-refractivity contribution in [2.45, 2.75) is 212 Å². The van der Waals surface area contributed by atoms with Crippen LogP contribution in [0.2, 0.25) is 0 Å². The van der Waals surface area contributed by atoms with Crippen molar-refractivity contribution in [3.63, 3.8) is 0 Å². The van der Waals surface area contributed by atoms with Crippen LogP contribution in [0.15, 0.2) is 0 Å². The number of ether oxygens (including phenoxy) is 6. The van der Waals surface area contributed by atoms with Gasteiger partial charge in [-0.05, 0) is 80.7 Å². The van der Waals surface area contributed by atoms with Crippen LogP contribution >= 0.6 is 0 Å². The lowest BCUT2D eigenvalue weighted by atomic mass is 9.75. The van der Waals surface area contributed by atoms with Crippen LogP contribution in [0.1, 0.15) is 115 Å². The molecule has 310 valence electrons. The molecule has 4 rings (SSSR count). The van der Waals surface area contributed by atoms with Gasteiger partial charge in [0.2, 0.25) is 5.91 Å². The van der Waals surface area contributed by atoms with Crippen LogP contribution in [0.3, 0.4) is 0 Å². The average Bonchev–Trinajstić information content (AvgIpc) is 3.41. The van der Waals surface area contributed by atoms with Gasteiger partial charge in [0.25, 0.3) is 0 Å². The van der Waals surface area contributed by atoms with Gasteiger partial charge in [0.15, 0.2) is 12.6 Å². The maximum atomic E-state index is 14.4. The van der Waals surface area contributed by atoms with E-state index in [4.69, 9.17) is 28.4 Å². The maximum Gasteiger partial charge on any atom is 0.225 e. The van der Waals surface area contributed by atoms with Crippen LogP contribution in [-0.2, 0) is 33.2 Å². The Hall–Kier alpha value is -0.970. The van der Waals surface area contributed by atoms with Crippen LogP contribution in [0.5, 0.6) is 0 Å². The van der Waals surface area contributed by atoms with E-state index in [-0.39, 0.29) is 36.4 Å². The highest BCUT2D eigenvalue weighted by atomic mass is 16.7. The Morgan fingerprint density at radius 2 is 1.60 bits per heavy atom. The maximum absolute atomic E-state index is 14.4. The fourth-order valence-electron chi connectivity index (χ4n) is 9.75. The van der Waals surface area contributed by atoms with Crippen molar-refractivity contribution in [2.75, 3.05) is 14.2 Å². The molecule has 0 aliphatic carbocycles. The number of carbonyl (C=O) groups excluding carboxylic acids is 1. The first-order valence-corrected chi connectivity index (χ1v) is 20.2. The molecule has 5 N–H and O–H groups in total. The van der Waals surface area contributed by atoms with E-state index in [1.807, 2.05) is 48.6 Å². The lowest BCUT2D eigenvalue weighted by Gasteiger charge is -2.49. The van der Waals surface area contributed by atoms with Crippen molar-refractivity contribution in [1.29, 1.82) is 0 Å². The zero-order valence-corrected chi connectivity index (χ0v) is 34.9. The molecule has 2 bridgehead atoms. The summed E-state index contributed by atoms with van der Waals surface area (Å²) in [6.45, 7) is 23.0. The van der Waals surface area contributed by atoms with Crippen molar-refractivity contribution < 1.29 is 53.6 Å². The smallest absolute Gasteiger partial charge is 0.225 e. The standard InChI is InChI=1S/C40H74N2O11/c1-15-16-28-40(12,47)33(44)23(6)31-21(4)18-39(11,53-31)35(52-37-30(43)27(17-22(5)49-37)42(13)20(2)3)24(7)32(25(8)36(46)41-28)51-29-19-38(10,48-14)34(45)26(9)50-29/h20-35,37,43-45,47H,15-19H2,1-14H3,(H,41,46)/t21-,22-,23+,24+,25-,26+,27+,28-,29+,30-,31+,32+,33-,34?,35-,37+,38-,39-,40-/m1/s1. The van der Waals surface area contributed by atoms with Gasteiger partial charge in [0, 0.05) is 37.5 Å². The summed E-state index contributed by atoms with van der Waals surface area (Å²) in [6.07, 6.45) is -5.40. The third-order valence-corrected chi connectivity index (χ3v) is 13.4. The van der Waals surface area contributed by atoms with Crippen molar-refractivity contribution >= 4 is 5.91 Å². The highest BCUT2D eigenvalue weighted by Gasteiger charge is 2.58. The van der Waals surface area contributed by atoms with Crippen molar-refractivity contribution in [3.8, 4) is 0 Å². The number of aliphatic hydroxyl groups excluding tert-OH is 3. The minimum absolute atomic E-state index is 0.0416. The van der Waals surface area contributed by atoms with Crippen LogP contribution in [-0.4, -0.2) is 142 Å². The van der Waals surface area contributed by atoms with E-state index in [2.05, 4.69) is 31.0 Å². The number of carbonyl (C=O) groups is 1. The molecule has 1 unspecified atom stereocenters. The molecule has 0 aromatic carbocycles. The number of hydrogen-bond donors (Lipinski definition) is 5. The minimum atomic E-state index is -1.68. The van der Waals surface area contributed by atoms with Gasteiger partial charge < -0.3 is 54.2 Å². The Labute approximate surface area is 318 Å². The number of nitrogens with one attached hydrogen (secondary N) is 1. The number of fused-ring (bicyclic) bond motifs is 2. The van der Waals surface area contributed by atoms with Crippen molar-refractivity contribution in [2.24, 2.45) is 23.7 Å². The van der Waals surface area contributed by atoms with Crippen LogP contribution in [0, 0.1) is 23.7 Å². The molecule has 1 amide bonds. The largest absolute Gasteiger partial charge is 0.390 e. The molecule has 13 heteroatoms. The highest BCUT2D eigenvalue weighted by molar-refractivity contribution is 5.79. The number of likely N-dealkylation sites (N-methyl/N-ethyl adjacent to an activating group) is 1. The molecule has 13 nitrogen and oxygen atoms in total. The number of amides is 1. The molecule has 0 aromatic rings. The van der Waals surface area contributed by atoms with Gasteiger partial charge >= 0.3 is 0 Å². The lowest BCUT2D eigenvalue weighted by Crippen LogP contribution is -2.62. The van der Waals surface area contributed by atoms with Crippen molar-refractivity contribution in [1.82, 2.24) is 10.2 Å². The van der Waals surface area contributed by atoms with E-state index < -0.39 is 95.9 Å². The topological polar surface area (TPSA) is 169 Å². The predicted molar refractivity (Wildman–Crippen MR) is 200 cm³/mol. The Morgan fingerprint density at radius 1 is 0.962 bits per heavy atom. The monoisotopic (exact) mass is 759 g/mol. The lowest BCUT2D eigenvalue weighted by molar-refractivity contribution is -0.319. The Balaban J connectivity index is 1.85. The van der Waals surface area contributed by atoms with Gasteiger partial charge in [0.05, 0.1) is 59.8 Å². The summed E-state index contributed by atoms with van der Waals surface area (Å²) in [5, 5.41) is 49.8. The van der Waals surface area contributed by atoms with Gasteiger partial charge in [-0.15, -0.1) is 0 Å². The second kappa shape index (κ2) is 17.3. The number of methoxy groups -OCH3 is 1. The number of hydrogen-bond acceptors (Lipinski definition) is 12. The molecule has 0 saturated carbocycles. The van der Waals surface area contributed by atoms with Crippen LogP contribution < -0.4 is 5.32 Å². The predicted octanol–water partition coefficient (Wildman–Crippen LogP) is 3.36. The third-order valence-electron chi connectivity index (χ3n) is 13.4. The molecule has 4 aliphatic rings. The molecular formula is C40H74N2O11. The Kier molecular flexibility index (Phi) is 14.6. The van der Waals surface area contributed by atoms with E-state index in [0.717, 1.165) is 0 Å². The fourth-order valence-corrected chi connectivity index (χ4v) is 9.75. The summed E-state index contributed by atoms with van der Waals surface area (Å²) in [5.41, 5.74) is -3.63. The summed E-state index contributed by atoms with van der Waals surface area (Å²) in [4.78, 5) is 16.5. The van der Waals surface area contributed by atoms with Crippen LogP contribution in [0.25, 0.3) is 0 Å². The number of rotatable bonds is 9. The molecule has 0 spiro atoms. The fraction of sp³-hybridized carbons (Fsp3) is 0.975. The van der Waals surface area contributed by atoms with Gasteiger partial charge in [-0.1, -0.05) is 41.0 Å². The van der Waals surface area contributed by atoms with E-state index in [9.17, 15) is 25.2 Å². The zero-order valence-electron chi connectivity index (χ0n) is 34.9. The molecule has 0 radical (unpaired) electrons. The first-order valence-electron chi connectivity index (χ1n) is 20.2. The van der Waals surface area contributed by atoms with E-state index in [1.54, 1.807) is 27.9 Å². The molecule has 19 atom stereocenters. The number of aliphatic hydroxyl groups is 4. The summed E-state index contributed by atoms with van der Waals surface area (Å²) in [7, 11) is 3.54. The molecule has 53 heavy (non-hydrogen) atoms. The normalized spacial score (nSPS) is 50.4. The van der Waals surface area contributed by atoms with E-state index in [1.165, 1.54) is 0 Å². The van der Waals surface area contributed by atoms with E-state index in [0.29, 0.717) is 25.7 Å². The molecule has 4 heterocycles. The van der Waals surface area contributed by atoms with Crippen molar-refractivity contribution in [3.05, 3.63) is 0 Å². The quantitative estimate of drug-likeness (QED) is 0.233. The van der Waals surface area contributed by atoms with Gasteiger partial charge in [-0.3, -0.25) is 9.69 Å². The molecule has 0 aromatic heterocycles. The first kappa shape index (κ1) is 44.7. The second-order valence-electron chi connectivity index (χ2n) is 18.1. The van der Waals surface area contributed by atoms with Gasteiger partial charge in [-0.2, -0.15) is 0 Å². The molecule has 4 aliphatic heterocycles. The highest BCUT2D eigenvalue weighted by Crippen LogP contribution is 2.47. The van der Waals surface area contributed by atoms with Crippen LogP contribution in [0.4, 0.5) is 0 Å². The SMILES string of the molecule is CCC[C@H]1NC(=O)[C@H](C)[C@@H](O[C@H]2C[C@@](C)(OC)C(O)[C@H](C)O2)[C@H](C)[C@@H](O[C@@H]2O[C@H](C)C[C@H](N(C)C(C)C)[C@H]2O)[C@@]2(C)C[C@@H](C)[C@H](O2)[C@H](C)[C@@H](O)[C@]1(C)O. The van der Waals surface area contributed by atoms with E-state index >= 15 is 0 Å². The summed E-state index contributed by atoms with van der Waals surface area (Å²) in [5.74, 6) is -2.26. The zero-order chi connectivity index (χ0) is 40.0. The summed E-state index contributed by atoms with van der Waals surface area (Å²) >= 11 is 0. The number of nitrogens with zero attached hydrogens (tertiary/aromatic N) is 1. The van der Waals surface area contributed by atoms with Gasteiger partial charge in [-0.25, -0.2) is 0 Å². The molecule has 4 saturated heterocycles. The Morgan fingerprint density at radius 3 is 2.19 bits per heavy atom. The second-order valence-corrected chi connectivity index (χ2v) is 18.1. The summed E-state index contributed by atoms with van der Waals surface area (Å²) < 4.78 is 39.3. The molecular weight excluding hydrogens is 684 g/mol. The molecule has 4 fully saturated rings. The minimum Gasteiger partial charge on any atom is -0.390 e. The first-order chi connectivity index (χ1) is 24.5. The average molecular weight is 759 g/mol. The Bertz CT molecular complexity index is 1210. The third kappa shape index (κ3) is 9.11. The van der Waals surface area contributed by atoms with Gasteiger partial charge in [0.1, 0.15) is 17.8 Å². The summed E-state index contributed by atoms with van der Waals surface area (Å²) in [6, 6.07) is -0.806.